The summed E-state index contributed by atoms with van der Waals surface area (Å²) in [7, 11) is 0. The van der Waals surface area contributed by atoms with Crippen molar-refractivity contribution in [3.05, 3.63) is 48.6 Å². The Morgan fingerprint density at radius 3 is 2.61 bits per heavy atom. The van der Waals surface area contributed by atoms with Crippen LogP contribution in [0, 0.1) is 0 Å². The molecule has 1 fully saturated rings. The molecule has 0 radical (unpaired) electrons. The zero-order valence-corrected chi connectivity index (χ0v) is 10.6. The Bertz CT molecular complexity index is 408. The minimum atomic E-state index is -0.379. The molecule has 1 aliphatic heterocycles. The fourth-order valence-corrected chi connectivity index (χ4v) is 2.59. The van der Waals surface area contributed by atoms with E-state index in [0.29, 0.717) is 6.54 Å². The lowest BCUT2D eigenvalue weighted by Crippen LogP contribution is -2.50. The molecule has 0 aliphatic carbocycles. The van der Waals surface area contributed by atoms with E-state index in [2.05, 4.69) is 29.3 Å². The highest BCUT2D eigenvalue weighted by Gasteiger charge is 2.40. The molecule has 2 N–H and O–H groups in total. The second-order valence-corrected chi connectivity index (χ2v) is 4.70. The summed E-state index contributed by atoms with van der Waals surface area (Å²) >= 11 is 0. The second-order valence-electron chi connectivity index (χ2n) is 4.70. The van der Waals surface area contributed by atoms with Gasteiger partial charge < -0.3 is 10.6 Å². The molecule has 0 bridgehead atoms. The van der Waals surface area contributed by atoms with Crippen LogP contribution in [-0.2, 0) is 10.2 Å². The van der Waals surface area contributed by atoms with Gasteiger partial charge in [0.1, 0.15) is 0 Å². The van der Waals surface area contributed by atoms with Gasteiger partial charge in [-0.2, -0.15) is 0 Å². The van der Waals surface area contributed by atoms with Gasteiger partial charge in [-0.05, 0) is 31.5 Å². The van der Waals surface area contributed by atoms with Crippen LogP contribution >= 0.6 is 0 Å². The third-order valence-electron chi connectivity index (χ3n) is 3.63. The molecular formula is C15H20N2O. The highest BCUT2D eigenvalue weighted by molar-refractivity contribution is 5.88. The molecule has 0 saturated carbocycles. The van der Waals surface area contributed by atoms with Crippen molar-refractivity contribution in [1.82, 2.24) is 10.6 Å². The molecule has 1 amide bonds. The molecule has 1 aromatic rings. The van der Waals surface area contributed by atoms with Gasteiger partial charge in [0.05, 0.1) is 5.41 Å². The topological polar surface area (TPSA) is 41.1 Å². The molecule has 1 saturated heterocycles. The van der Waals surface area contributed by atoms with E-state index >= 15 is 0 Å². The number of piperidine rings is 1. The Morgan fingerprint density at radius 2 is 2.00 bits per heavy atom. The summed E-state index contributed by atoms with van der Waals surface area (Å²) in [5, 5.41) is 6.28. The molecule has 0 spiro atoms. The number of benzene rings is 1. The Hall–Kier alpha value is -1.61. The fourth-order valence-electron chi connectivity index (χ4n) is 2.59. The van der Waals surface area contributed by atoms with Crippen molar-refractivity contribution < 1.29 is 4.79 Å². The lowest BCUT2D eigenvalue weighted by molar-refractivity contribution is -0.127. The minimum Gasteiger partial charge on any atom is -0.352 e. The van der Waals surface area contributed by atoms with Gasteiger partial charge in [-0.3, -0.25) is 4.79 Å². The largest absolute Gasteiger partial charge is 0.352 e. The number of hydrogen-bond donors (Lipinski definition) is 2. The van der Waals surface area contributed by atoms with Gasteiger partial charge in [-0.25, -0.2) is 0 Å². The molecule has 2 rings (SSSR count). The van der Waals surface area contributed by atoms with Gasteiger partial charge in [0.25, 0.3) is 0 Å². The van der Waals surface area contributed by atoms with Crippen LogP contribution in [0.1, 0.15) is 18.4 Å². The Balaban J connectivity index is 2.28. The second kappa shape index (κ2) is 5.83. The normalized spacial score (nSPS) is 18.0. The minimum absolute atomic E-state index is 0.120. The van der Waals surface area contributed by atoms with Crippen LogP contribution < -0.4 is 10.6 Å². The summed E-state index contributed by atoms with van der Waals surface area (Å²) in [5.41, 5.74) is 0.739. The first-order chi connectivity index (χ1) is 8.79. The van der Waals surface area contributed by atoms with Crippen molar-refractivity contribution >= 4 is 5.91 Å². The van der Waals surface area contributed by atoms with Crippen molar-refractivity contribution in [2.45, 2.75) is 18.3 Å². The predicted molar refractivity (Wildman–Crippen MR) is 73.4 cm³/mol. The van der Waals surface area contributed by atoms with Gasteiger partial charge in [-0.1, -0.05) is 36.4 Å². The van der Waals surface area contributed by atoms with Crippen LogP contribution in [0.3, 0.4) is 0 Å². The molecule has 3 heteroatoms. The molecule has 96 valence electrons. The Morgan fingerprint density at radius 1 is 1.33 bits per heavy atom. The van der Waals surface area contributed by atoms with E-state index in [-0.39, 0.29) is 11.3 Å². The van der Waals surface area contributed by atoms with E-state index in [1.807, 2.05) is 18.2 Å². The number of rotatable bonds is 4. The number of carbonyl (C=O) groups excluding carboxylic acids is 1. The first-order valence-corrected chi connectivity index (χ1v) is 6.45. The van der Waals surface area contributed by atoms with E-state index < -0.39 is 0 Å². The number of carbonyl (C=O) groups is 1. The molecule has 1 aromatic carbocycles. The maximum atomic E-state index is 12.5. The number of nitrogens with one attached hydrogen (secondary N) is 2. The summed E-state index contributed by atoms with van der Waals surface area (Å²) in [6, 6.07) is 10.1. The Labute approximate surface area is 108 Å². The lowest BCUT2D eigenvalue weighted by atomic mass is 9.72. The zero-order valence-electron chi connectivity index (χ0n) is 10.6. The summed E-state index contributed by atoms with van der Waals surface area (Å²) < 4.78 is 0. The van der Waals surface area contributed by atoms with Crippen LogP contribution in [-0.4, -0.2) is 25.5 Å². The van der Waals surface area contributed by atoms with Crippen LogP contribution in [0.25, 0.3) is 0 Å². The van der Waals surface area contributed by atoms with Crippen LogP contribution in [0.5, 0.6) is 0 Å². The van der Waals surface area contributed by atoms with Crippen LogP contribution in [0.15, 0.2) is 43.0 Å². The number of hydrogen-bond acceptors (Lipinski definition) is 2. The maximum Gasteiger partial charge on any atom is 0.231 e. The number of amides is 1. The summed E-state index contributed by atoms with van der Waals surface area (Å²) in [5.74, 6) is 0.120. The third-order valence-corrected chi connectivity index (χ3v) is 3.63. The fraction of sp³-hybridized carbons (Fsp3) is 0.400. The molecule has 0 atom stereocenters. The first kappa shape index (κ1) is 12.8. The first-order valence-electron chi connectivity index (χ1n) is 6.45. The van der Waals surface area contributed by atoms with E-state index in [9.17, 15) is 4.79 Å². The molecule has 0 unspecified atom stereocenters. The van der Waals surface area contributed by atoms with Gasteiger partial charge >= 0.3 is 0 Å². The Kier molecular flexibility index (Phi) is 4.15. The SMILES string of the molecule is C=CCNC(=O)C1(c2ccccc2)CCNCC1. The molecule has 18 heavy (non-hydrogen) atoms. The van der Waals surface area contributed by atoms with E-state index in [1.54, 1.807) is 6.08 Å². The predicted octanol–water partition coefficient (Wildman–Crippen LogP) is 1.61. The zero-order chi connectivity index (χ0) is 12.8. The molecule has 1 heterocycles. The van der Waals surface area contributed by atoms with Crippen molar-refractivity contribution in [2.75, 3.05) is 19.6 Å². The quantitative estimate of drug-likeness (QED) is 0.790. The van der Waals surface area contributed by atoms with Crippen molar-refractivity contribution in [3.8, 4) is 0 Å². The highest BCUT2D eigenvalue weighted by atomic mass is 16.2. The maximum absolute atomic E-state index is 12.5. The van der Waals surface area contributed by atoms with E-state index in [4.69, 9.17) is 0 Å². The van der Waals surface area contributed by atoms with Gasteiger partial charge in [0, 0.05) is 6.54 Å². The van der Waals surface area contributed by atoms with Gasteiger partial charge in [0.2, 0.25) is 5.91 Å². The molecular weight excluding hydrogens is 224 g/mol. The van der Waals surface area contributed by atoms with Crippen molar-refractivity contribution in [3.63, 3.8) is 0 Å². The molecule has 1 aliphatic rings. The van der Waals surface area contributed by atoms with Crippen LogP contribution in [0.4, 0.5) is 0 Å². The third kappa shape index (κ3) is 2.46. The van der Waals surface area contributed by atoms with Crippen molar-refractivity contribution in [2.24, 2.45) is 0 Å². The standard InChI is InChI=1S/C15H20N2O/c1-2-10-17-14(18)15(8-11-16-12-9-15)13-6-4-3-5-7-13/h2-7,16H,1,8-12H2,(H,17,18). The van der Waals surface area contributed by atoms with E-state index in [0.717, 1.165) is 31.5 Å². The average Bonchev–Trinajstić information content (AvgIpc) is 2.46. The lowest BCUT2D eigenvalue weighted by Gasteiger charge is -2.36. The van der Waals surface area contributed by atoms with E-state index in [1.165, 1.54) is 0 Å². The van der Waals surface area contributed by atoms with Crippen LogP contribution in [0.2, 0.25) is 0 Å². The summed E-state index contributed by atoms with van der Waals surface area (Å²) in [4.78, 5) is 12.5. The highest BCUT2D eigenvalue weighted by Crippen LogP contribution is 2.33. The molecule has 3 nitrogen and oxygen atoms in total. The summed E-state index contributed by atoms with van der Waals surface area (Å²) in [6.07, 6.45) is 3.41. The monoisotopic (exact) mass is 244 g/mol. The average molecular weight is 244 g/mol. The molecule has 0 aromatic heterocycles. The smallest absolute Gasteiger partial charge is 0.231 e. The summed E-state index contributed by atoms with van der Waals surface area (Å²) in [6.45, 7) is 5.95. The van der Waals surface area contributed by atoms with Gasteiger partial charge in [-0.15, -0.1) is 6.58 Å². The van der Waals surface area contributed by atoms with Gasteiger partial charge in [0.15, 0.2) is 0 Å². The van der Waals surface area contributed by atoms with Crippen molar-refractivity contribution in [1.29, 1.82) is 0 Å².